The van der Waals surface area contributed by atoms with Gasteiger partial charge in [-0.3, -0.25) is 0 Å². The minimum Gasteiger partial charge on any atom is -0.478 e. The van der Waals surface area contributed by atoms with E-state index in [1.165, 1.54) is 12.2 Å². The van der Waals surface area contributed by atoms with Gasteiger partial charge >= 0.3 is 11.9 Å². The first-order valence-corrected chi connectivity index (χ1v) is 6.62. The first-order valence-electron chi connectivity index (χ1n) is 6.25. The Morgan fingerprint density at radius 2 is 1.90 bits per heavy atom. The van der Waals surface area contributed by atoms with Crippen LogP contribution in [0.25, 0.3) is 6.08 Å². The van der Waals surface area contributed by atoms with Crippen LogP contribution in [0.1, 0.15) is 12.5 Å². The average molecular weight is 307 g/mol. The summed E-state index contributed by atoms with van der Waals surface area (Å²) in [4.78, 5) is 22.2. The first kappa shape index (κ1) is 16.7. The molecule has 0 aromatic heterocycles. The molecule has 0 spiro atoms. The third-order valence-corrected chi connectivity index (χ3v) is 2.60. The number of halogens is 1. The predicted octanol–water partition coefficient (Wildman–Crippen LogP) is 3.48. The monoisotopic (exact) mass is 306 g/mol. The molecule has 1 N–H and O–H groups in total. The van der Waals surface area contributed by atoms with Crippen molar-refractivity contribution in [2.45, 2.75) is 6.92 Å². The van der Waals surface area contributed by atoms with E-state index in [0.717, 1.165) is 11.6 Å². The highest BCUT2D eigenvalue weighted by molar-refractivity contribution is 6.30. The van der Waals surface area contributed by atoms with Gasteiger partial charge in [0.25, 0.3) is 0 Å². The fourth-order valence-corrected chi connectivity index (χ4v) is 1.53. The van der Waals surface area contributed by atoms with Crippen LogP contribution in [0.4, 0.5) is 0 Å². The van der Waals surface area contributed by atoms with E-state index in [-0.39, 0.29) is 12.2 Å². The third kappa shape index (κ3) is 6.58. The SMILES string of the molecule is CCOC(=O)C(C=CC(=O)O)=CC=Cc1ccc(Cl)cc1. The van der Waals surface area contributed by atoms with E-state index in [2.05, 4.69) is 0 Å². The number of esters is 1. The Hall–Kier alpha value is -2.33. The van der Waals surface area contributed by atoms with Crippen LogP contribution in [0.15, 0.2) is 54.1 Å². The average Bonchev–Trinajstić information content (AvgIpc) is 2.44. The Morgan fingerprint density at radius 1 is 1.24 bits per heavy atom. The molecule has 5 heteroatoms. The van der Waals surface area contributed by atoms with Gasteiger partial charge in [-0.05, 0) is 36.8 Å². The van der Waals surface area contributed by atoms with Gasteiger partial charge in [0.2, 0.25) is 0 Å². The molecule has 1 rings (SSSR count). The van der Waals surface area contributed by atoms with Crippen LogP contribution in [0, 0.1) is 0 Å². The highest BCUT2D eigenvalue weighted by Crippen LogP contribution is 2.11. The van der Waals surface area contributed by atoms with Crippen molar-refractivity contribution in [1.82, 2.24) is 0 Å². The normalized spacial score (nSPS) is 12.0. The summed E-state index contributed by atoms with van der Waals surface area (Å²) in [5.41, 5.74) is 1.06. The Kier molecular flexibility index (Phi) is 6.98. The standard InChI is InChI=1S/C16H15ClO4/c1-2-21-16(20)13(8-11-15(18)19)5-3-4-12-6-9-14(17)10-7-12/h3-11H,2H2,1H3,(H,18,19). The van der Waals surface area contributed by atoms with Crippen LogP contribution in [-0.4, -0.2) is 23.7 Å². The van der Waals surface area contributed by atoms with Gasteiger partial charge in [0.05, 0.1) is 12.2 Å². The van der Waals surface area contributed by atoms with Gasteiger partial charge in [-0.15, -0.1) is 0 Å². The maximum absolute atomic E-state index is 11.7. The molecular formula is C16H15ClO4. The summed E-state index contributed by atoms with van der Waals surface area (Å²) in [7, 11) is 0. The Bertz CT molecular complexity index is 583. The summed E-state index contributed by atoms with van der Waals surface area (Å²) < 4.78 is 4.85. The molecule has 0 saturated carbocycles. The van der Waals surface area contributed by atoms with Crippen molar-refractivity contribution in [3.8, 4) is 0 Å². The van der Waals surface area contributed by atoms with Gasteiger partial charge in [-0.25, -0.2) is 9.59 Å². The highest BCUT2D eigenvalue weighted by Gasteiger charge is 2.06. The number of carboxylic acid groups (broad SMARTS) is 1. The van der Waals surface area contributed by atoms with Crippen molar-refractivity contribution in [3.05, 3.63) is 64.7 Å². The number of carbonyl (C=O) groups is 2. The Labute approximate surface area is 128 Å². The van der Waals surface area contributed by atoms with E-state index >= 15 is 0 Å². The van der Waals surface area contributed by atoms with Crippen LogP contribution in [-0.2, 0) is 14.3 Å². The van der Waals surface area contributed by atoms with Crippen LogP contribution >= 0.6 is 11.6 Å². The second-order valence-electron chi connectivity index (χ2n) is 3.92. The molecule has 0 fully saturated rings. The predicted molar refractivity (Wildman–Crippen MR) is 82.0 cm³/mol. The minimum atomic E-state index is -1.13. The number of carbonyl (C=O) groups excluding carboxylic acids is 1. The highest BCUT2D eigenvalue weighted by atomic mass is 35.5. The second kappa shape index (κ2) is 8.76. The number of ether oxygens (including phenoxy) is 1. The molecule has 4 nitrogen and oxygen atoms in total. The van der Waals surface area contributed by atoms with Gasteiger partial charge in [-0.1, -0.05) is 35.9 Å². The number of hydrogen-bond acceptors (Lipinski definition) is 3. The summed E-state index contributed by atoms with van der Waals surface area (Å²) in [6, 6.07) is 7.15. The van der Waals surface area contributed by atoms with E-state index in [1.807, 2.05) is 12.1 Å². The molecule has 0 aliphatic rings. The largest absolute Gasteiger partial charge is 0.478 e. The van der Waals surface area contributed by atoms with Crippen molar-refractivity contribution in [2.75, 3.05) is 6.61 Å². The molecule has 0 radical (unpaired) electrons. The zero-order chi connectivity index (χ0) is 15.7. The molecule has 0 bridgehead atoms. The molecular weight excluding hydrogens is 292 g/mol. The van der Waals surface area contributed by atoms with Gasteiger partial charge in [0.15, 0.2) is 0 Å². The van der Waals surface area contributed by atoms with Crippen molar-refractivity contribution >= 4 is 29.6 Å². The van der Waals surface area contributed by atoms with Gasteiger partial charge in [0, 0.05) is 11.1 Å². The number of rotatable bonds is 6. The van der Waals surface area contributed by atoms with Crippen molar-refractivity contribution in [1.29, 1.82) is 0 Å². The molecule has 0 heterocycles. The fourth-order valence-electron chi connectivity index (χ4n) is 1.40. The maximum Gasteiger partial charge on any atom is 0.338 e. The molecule has 0 atom stereocenters. The molecule has 0 unspecified atom stereocenters. The van der Waals surface area contributed by atoms with Crippen LogP contribution in [0.5, 0.6) is 0 Å². The van der Waals surface area contributed by atoms with E-state index in [0.29, 0.717) is 5.02 Å². The van der Waals surface area contributed by atoms with E-state index < -0.39 is 11.9 Å². The fraction of sp³-hybridized carbons (Fsp3) is 0.125. The third-order valence-electron chi connectivity index (χ3n) is 2.35. The lowest BCUT2D eigenvalue weighted by atomic mass is 10.2. The molecule has 0 amide bonds. The van der Waals surface area contributed by atoms with Crippen LogP contribution in [0.2, 0.25) is 5.02 Å². The molecule has 0 aliphatic heterocycles. The van der Waals surface area contributed by atoms with E-state index in [4.69, 9.17) is 21.4 Å². The number of carboxylic acids is 1. The Balaban J connectivity index is 2.88. The van der Waals surface area contributed by atoms with Gasteiger partial charge in [-0.2, -0.15) is 0 Å². The lowest BCUT2D eigenvalue weighted by molar-refractivity contribution is -0.138. The second-order valence-corrected chi connectivity index (χ2v) is 4.36. The van der Waals surface area contributed by atoms with Gasteiger partial charge < -0.3 is 9.84 Å². The smallest absolute Gasteiger partial charge is 0.338 e. The Morgan fingerprint density at radius 3 is 2.48 bits per heavy atom. The van der Waals surface area contributed by atoms with E-state index in [1.54, 1.807) is 31.2 Å². The van der Waals surface area contributed by atoms with Crippen molar-refractivity contribution in [2.24, 2.45) is 0 Å². The minimum absolute atomic E-state index is 0.157. The van der Waals surface area contributed by atoms with Gasteiger partial charge in [0.1, 0.15) is 0 Å². The quantitative estimate of drug-likeness (QED) is 0.496. The molecule has 110 valence electrons. The zero-order valence-corrected chi connectivity index (χ0v) is 12.2. The van der Waals surface area contributed by atoms with Crippen molar-refractivity contribution in [3.63, 3.8) is 0 Å². The lowest BCUT2D eigenvalue weighted by Gasteiger charge is -2.00. The van der Waals surface area contributed by atoms with Crippen LogP contribution < -0.4 is 0 Å². The molecule has 1 aromatic carbocycles. The van der Waals surface area contributed by atoms with Crippen molar-refractivity contribution < 1.29 is 19.4 Å². The summed E-state index contributed by atoms with van der Waals surface area (Å²) >= 11 is 5.78. The number of aliphatic carboxylic acids is 1. The lowest BCUT2D eigenvalue weighted by Crippen LogP contribution is -2.06. The summed E-state index contributed by atoms with van der Waals surface area (Å²) in [5, 5.41) is 9.25. The zero-order valence-electron chi connectivity index (χ0n) is 11.5. The molecule has 0 aliphatic carbocycles. The number of hydrogen-bond donors (Lipinski definition) is 1. The molecule has 1 aromatic rings. The summed E-state index contributed by atoms with van der Waals surface area (Å²) in [6.07, 6.45) is 6.99. The summed E-state index contributed by atoms with van der Waals surface area (Å²) in [5.74, 6) is -1.71. The summed E-state index contributed by atoms with van der Waals surface area (Å²) in [6.45, 7) is 1.90. The molecule has 0 saturated heterocycles. The number of benzene rings is 1. The molecule has 21 heavy (non-hydrogen) atoms. The maximum atomic E-state index is 11.7. The first-order chi connectivity index (χ1) is 10.0. The van der Waals surface area contributed by atoms with E-state index in [9.17, 15) is 9.59 Å². The number of allylic oxidation sites excluding steroid dienone is 2. The topological polar surface area (TPSA) is 63.6 Å². The van der Waals surface area contributed by atoms with Crippen LogP contribution in [0.3, 0.4) is 0 Å².